The van der Waals surface area contributed by atoms with Gasteiger partial charge in [0.1, 0.15) is 5.60 Å². The summed E-state index contributed by atoms with van der Waals surface area (Å²) in [5.41, 5.74) is -0.354. The number of hydrogen-bond donors (Lipinski definition) is 0. The molecule has 0 aromatic rings. The molecule has 4 heteroatoms. The zero-order valence-electron chi connectivity index (χ0n) is 20.3. The predicted molar refractivity (Wildman–Crippen MR) is 122 cm³/mol. The average Bonchev–Trinajstić information content (AvgIpc) is 2.58. The molecule has 1 heterocycles. The fourth-order valence-corrected chi connectivity index (χ4v) is 3.47. The number of hydrogen-bond acceptors (Lipinski definition) is 2. The van der Waals surface area contributed by atoms with E-state index >= 15 is 0 Å². The first-order chi connectivity index (χ1) is 13.2. The molecule has 28 heavy (non-hydrogen) atoms. The Labute approximate surface area is 176 Å². The maximum absolute atomic E-state index is 11.1. The second-order valence-corrected chi connectivity index (χ2v) is 9.47. The van der Waals surface area contributed by atoms with E-state index in [2.05, 4.69) is 27.7 Å². The predicted octanol–water partition coefficient (Wildman–Crippen LogP) is 6.63. The van der Waals surface area contributed by atoms with Crippen LogP contribution in [0, 0.1) is 0 Å². The monoisotopic (exact) mass is 399 g/mol. The van der Waals surface area contributed by atoms with E-state index in [1.807, 2.05) is 20.8 Å². The number of rotatable bonds is 12. The van der Waals surface area contributed by atoms with Crippen LogP contribution in [0.15, 0.2) is 0 Å². The van der Waals surface area contributed by atoms with Gasteiger partial charge < -0.3 is 14.1 Å². The molecule has 1 aliphatic rings. The molecule has 1 saturated heterocycles. The van der Waals surface area contributed by atoms with Crippen molar-refractivity contribution in [3.63, 3.8) is 0 Å². The van der Waals surface area contributed by atoms with Crippen LogP contribution in [0.5, 0.6) is 0 Å². The van der Waals surface area contributed by atoms with Gasteiger partial charge in [0.25, 0.3) is 0 Å². The quantitative estimate of drug-likeness (QED) is 0.345. The minimum Gasteiger partial charge on any atom is -0.444 e. The summed E-state index contributed by atoms with van der Waals surface area (Å²) in [7, 11) is 0. The Bertz CT molecular complexity index is 349. The van der Waals surface area contributed by atoms with Gasteiger partial charge in [-0.05, 0) is 52.9 Å². The average molecular weight is 400 g/mol. The lowest BCUT2D eigenvalue weighted by molar-refractivity contribution is -0.929. The van der Waals surface area contributed by atoms with Gasteiger partial charge in [-0.2, -0.15) is 0 Å². The van der Waals surface area contributed by atoms with E-state index in [4.69, 9.17) is 4.74 Å². The van der Waals surface area contributed by atoms with Crippen molar-refractivity contribution >= 4 is 6.09 Å². The number of carbonyl (C=O) groups is 1. The van der Waals surface area contributed by atoms with Crippen molar-refractivity contribution in [3.8, 4) is 0 Å². The van der Waals surface area contributed by atoms with Crippen molar-refractivity contribution < 1.29 is 14.0 Å². The smallest absolute Gasteiger partial charge is 0.410 e. The molecule has 1 aliphatic heterocycles. The van der Waals surface area contributed by atoms with Crippen LogP contribution in [0.3, 0.4) is 0 Å². The van der Waals surface area contributed by atoms with Gasteiger partial charge >= 0.3 is 6.09 Å². The van der Waals surface area contributed by atoms with E-state index in [9.17, 15) is 4.79 Å². The van der Waals surface area contributed by atoms with Crippen LogP contribution in [0.4, 0.5) is 4.79 Å². The zero-order chi connectivity index (χ0) is 21.5. The third-order valence-corrected chi connectivity index (χ3v) is 5.45. The molecule has 1 amide bonds. The number of unbranched alkanes of at least 4 members (excludes halogenated alkanes) is 4. The van der Waals surface area contributed by atoms with Crippen LogP contribution in [0.2, 0.25) is 0 Å². The maximum atomic E-state index is 11.1. The lowest BCUT2D eigenvalue weighted by Gasteiger charge is -2.39. The molecule has 1 fully saturated rings. The highest BCUT2D eigenvalue weighted by atomic mass is 16.6. The highest BCUT2D eigenvalue weighted by Crippen LogP contribution is 2.16. The van der Waals surface area contributed by atoms with Crippen LogP contribution in [0.25, 0.3) is 0 Å². The molecule has 0 aromatic carbocycles. The van der Waals surface area contributed by atoms with E-state index in [0.717, 1.165) is 19.5 Å². The van der Waals surface area contributed by atoms with Gasteiger partial charge in [-0.15, -0.1) is 0 Å². The van der Waals surface area contributed by atoms with Gasteiger partial charge in [0.2, 0.25) is 0 Å². The van der Waals surface area contributed by atoms with Gasteiger partial charge in [-0.1, -0.05) is 53.4 Å². The maximum Gasteiger partial charge on any atom is 0.410 e. The van der Waals surface area contributed by atoms with E-state index in [-0.39, 0.29) is 11.7 Å². The zero-order valence-corrected chi connectivity index (χ0v) is 20.3. The second kappa shape index (κ2) is 15.1. The molecule has 0 atom stereocenters. The summed E-state index contributed by atoms with van der Waals surface area (Å²) in [4.78, 5) is 12.9. The van der Waals surface area contributed by atoms with Gasteiger partial charge in [0.15, 0.2) is 0 Å². The van der Waals surface area contributed by atoms with E-state index in [1.54, 1.807) is 4.90 Å². The van der Waals surface area contributed by atoms with Crippen molar-refractivity contribution in [1.29, 1.82) is 0 Å². The highest BCUT2D eigenvalue weighted by Gasteiger charge is 2.26. The number of ether oxygens (including phenoxy) is 1. The lowest BCUT2D eigenvalue weighted by atomic mass is 10.1. The number of nitrogens with zero attached hydrogens (tertiary/aromatic N) is 2. The van der Waals surface area contributed by atoms with Gasteiger partial charge in [-0.25, -0.2) is 4.79 Å². The Morgan fingerprint density at radius 2 is 1.14 bits per heavy atom. The molecule has 0 bridgehead atoms. The molecular weight excluding hydrogens is 348 g/mol. The Hall–Kier alpha value is -0.770. The number of likely N-dealkylation sites (tertiary alicyclic amines) is 1. The Morgan fingerprint density at radius 1 is 0.786 bits per heavy atom. The molecule has 0 radical (unpaired) electrons. The van der Waals surface area contributed by atoms with E-state index in [1.165, 1.54) is 82.0 Å². The minimum atomic E-state index is -0.354. The molecule has 0 spiro atoms. The fraction of sp³-hybridized carbons (Fsp3) is 0.958. The van der Waals surface area contributed by atoms with Crippen LogP contribution < -0.4 is 0 Å². The standard InChI is InChI=1S/C16H36N.C8H15NO2/c1-5-9-13-17(14-10-6-2,15-11-7-3)16-12-8-4;1-8(2,3)11-7(10)9-5-4-6-9/h5-16H2,1-4H3;4-6H2,1-3H3/q+1;. The third-order valence-electron chi connectivity index (χ3n) is 5.45. The Kier molecular flexibility index (Phi) is 14.7. The first kappa shape index (κ1) is 27.2. The highest BCUT2D eigenvalue weighted by molar-refractivity contribution is 5.68. The van der Waals surface area contributed by atoms with Gasteiger partial charge in [0, 0.05) is 13.1 Å². The summed E-state index contributed by atoms with van der Waals surface area (Å²) in [5.74, 6) is 0. The van der Waals surface area contributed by atoms with Crippen LogP contribution in [0.1, 0.15) is 106 Å². The molecule has 0 aliphatic carbocycles. The first-order valence-electron chi connectivity index (χ1n) is 12.1. The lowest BCUT2D eigenvalue weighted by Crippen LogP contribution is -2.50. The van der Waals surface area contributed by atoms with Gasteiger partial charge in [-0.3, -0.25) is 0 Å². The van der Waals surface area contributed by atoms with E-state index < -0.39 is 0 Å². The molecule has 1 rings (SSSR count). The SMILES string of the molecule is CC(C)(C)OC(=O)N1CCC1.CCCC[N+](CCCC)(CCCC)CCCC. The number of carbonyl (C=O) groups excluding carboxylic acids is 1. The molecule has 0 unspecified atom stereocenters. The molecule has 4 nitrogen and oxygen atoms in total. The third kappa shape index (κ3) is 12.6. The fourth-order valence-electron chi connectivity index (χ4n) is 3.47. The number of quaternary nitrogens is 1. The normalized spacial score (nSPS) is 14.2. The van der Waals surface area contributed by atoms with Crippen molar-refractivity contribution in [3.05, 3.63) is 0 Å². The van der Waals surface area contributed by atoms with Crippen LogP contribution in [-0.2, 0) is 4.74 Å². The topological polar surface area (TPSA) is 29.5 Å². The minimum absolute atomic E-state index is 0.177. The molecule has 0 saturated carbocycles. The molecule has 168 valence electrons. The summed E-state index contributed by atoms with van der Waals surface area (Å²) in [6.07, 6.45) is 12.0. The number of amides is 1. The van der Waals surface area contributed by atoms with E-state index in [0.29, 0.717) is 0 Å². The summed E-state index contributed by atoms with van der Waals surface area (Å²) in [5, 5.41) is 0. The Morgan fingerprint density at radius 3 is 1.36 bits per heavy atom. The van der Waals surface area contributed by atoms with Crippen LogP contribution in [-0.4, -0.2) is 60.3 Å². The Balaban J connectivity index is 0.000000567. The summed E-state index contributed by atoms with van der Waals surface area (Å²) in [6.45, 7) is 22.4. The summed E-state index contributed by atoms with van der Waals surface area (Å²) >= 11 is 0. The largest absolute Gasteiger partial charge is 0.444 e. The van der Waals surface area contributed by atoms with Crippen molar-refractivity contribution in [2.75, 3.05) is 39.3 Å². The summed E-state index contributed by atoms with van der Waals surface area (Å²) in [6, 6.07) is 0. The molecule has 0 aromatic heterocycles. The molecule has 0 N–H and O–H groups in total. The van der Waals surface area contributed by atoms with Crippen LogP contribution >= 0.6 is 0 Å². The molecular formula is C24H51N2O2+. The van der Waals surface area contributed by atoms with Crippen molar-refractivity contribution in [1.82, 2.24) is 4.90 Å². The van der Waals surface area contributed by atoms with Crippen molar-refractivity contribution in [2.45, 2.75) is 112 Å². The first-order valence-corrected chi connectivity index (χ1v) is 12.1. The van der Waals surface area contributed by atoms with Crippen molar-refractivity contribution in [2.24, 2.45) is 0 Å². The summed E-state index contributed by atoms with van der Waals surface area (Å²) < 4.78 is 6.55. The van der Waals surface area contributed by atoms with Gasteiger partial charge in [0.05, 0.1) is 26.2 Å². The second-order valence-electron chi connectivity index (χ2n) is 9.47.